The lowest BCUT2D eigenvalue weighted by Crippen LogP contribution is -2.03. The maximum absolute atomic E-state index is 10.1. The third-order valence-corrected chi connectivity index (χ3v) is 3.29. The Morgan fingerprint density at radius 2 is 2.29 bits per heavy atom. The number of aromatic nitrogens is 2. The van der Waals surface area contributed by atoms with Gasteiger partial charge in [-0.05, 0) is 24.1 Å². The average Bonchev–Trinajstić information content (AvgIpc) is 2.72. The number of halogens is 1. The predicted octanol–water partition coefficient (Wildman–Crippen LogP) is 2.85. The minimum atomic E-state index is -0.441. The normalized spacial score (nSPS) is 12.6. The van der Waals surface area contributed by atoms with E-state index in [-0.39, 0.29) is 0 Å². The number of benzene rings is 1. The molecule has 1 N–H and O–H groups in total. The van der Waals surface area contributed by atoms with Crippen LogP contribution in [-0.2, 0) is 13.5 Å². The number of aryl methyl sites for hydroxylation is 2. The number of imidazole rings is 1. The highest BCUT2D eigenvalue weighted by Crippen LogP contribution is 2.21. The zero-order valence-electron chi connectivity index (χ0n) is 9.68. The molecule has 1 aromatic heterocycles. The minimum absolute atomic E-state index is 0.441. The van der Waals surface area contributed by atoms with Gasteiger partial charge in [0.1, 0.15) is 5.82 Å². The predicted molar refractivity (Wildman–Crippen MR) is 70.6 cm³/mol. The second kappa shape index (κ2) is 5.47. The van der Waals surface area contributed by atoms with Crippen LogP contribution in [0.25, 0.3) is 0 Å². The summed E-state index contributed by atoms with van der Waals surface area (Å²) in [6, 6.07) is 7.77. The van der Waals surface area contributed by atoms with Crippen LogP contribution in [0, 0.1) is 0 Å². The maximum atomic E-state index is 10.1. The van der Waals surface area contributed by atoms with Crippen LogP contribution in [0.2, 0.25) is 0 Å². The highest BCUT2D eigenvalue weighted by molar-refractivity contribution is 9.10. The van der Waals surface area contributed by atoms with Gasteiger partial charge in [-0.2, -0.15) is 0 Å². The summed E-state index contributed by atoms with van der Waals surface area (Å²) in [5.74, 6) is 0.999. The van der Waals surface area contributed by atoms with E-state index in [1.54, 1.807) is 6.20 Å². The molecule has 90 valence electrons. The molecule has 0 saturated heterocycles. The lowest BCUT2D eigenvalue weighted by Gasteiger charge is -2.11. The standard InChI is InChI=1S/C13H15BrN2O/c1-16-8-7-15-13(16)6-5-12(17)10-3-2-4-11(14)9-10/h2-4,7-9,12,17H,5-6H2,1H3. The first kappa shape index (κ1) is 12.3. The molecule has 1 heterocycles. The number of aliphatic hydroxyl groups is 1. The van der Waals surface area contributed by atoms with Crippen LogP contribution >= 0.6 is 15.9 Å². The van der Waals surface area contributed by atoms with Gasteiger partial charge in [0.25, 0.3) is 0 Å². The molecule has 0 spiro atoms. The molecule has 0 aliphatic heterocycles. The first-order valence-electron chi connectivity index (χ1n) is 5.56. The fourth-order valence-corrected chi connectivity index (χ4v) is 2.20. The van der Waals surface area contributed by atoms with Gasteiger partial charge in [-0.1, -0.05) is 28.1 Å². The van der Waals surface area contributed by atoms with Crippen LogP contribution in [0.1, 0.15) is 23.9 Å². The van der Waals surface area contributed by atoms with E-state index in [1.807, 2.05) is 42.1 Å². The van der Waals surface area contributed by atoms with E-state index in [2.05, 4.69) is 20.9 Å². The zero-order chi connectivity index (χ0) is 12.3. The Kier molecular flexibility index (Phi) is 3.97. The molecule has 0 aliphatic rings. The van der Waals surface area contributed by atoms with Crippen LogP contribution < -0.4 is 0 Å². The highest BCUT2D eigenvalue weighted by atomic mass is 79.9. The summed E-state index contributed by atoms with van der Waals surface area (Å²) in [6.07, 6.45) is 4.71. The fourth-order valence-electron chi connectivity index (χ4n) is 1.78. The second-order valence-electron chi connectivity index (χ2n) is 4.06. The van der Waals surface area contributed by atoms with Crippen LogP contribution in [0.4, 0.5) is 0 Å². The summed E-state index contributed by atoms with van der Waals surface area (Å²) < 4.78 is 2.97. The van der Waals surface area contributed by atoms with Crippen molar-refractivity contribution < 1.29 is 5.11 Å². The summed E-state index contributed by atoms with van der Waals surface area (Å²) in [7, 11) is 1.97. The van der Waals surface area contributed by atoms with Crippen molar-refractivity contribution in [1.82, 2.24) is 9.55 Å². The molecule has 0 saturated carbocycles. The molecule has 4 heteroatoms. The molecule has 2 aromatic rings. The van der Waals surface area contributed by atoms with Crippen molar-refractivity contribution in [3.8, 4) is 0 Å². The van der Waals surface area contributed by atoms with Crippen molar-refractivity contribution in [2.45, 2.75) is 18.9 Å². The quantitative estimate of drug-likeness (QED) is 0.942. The van der Waals surface area contributed by atoms with Gasteiger partial charge in [-0.3, -0.25) is 0 Å². The van der Waals surface area contributed by atoms with E-state index < -0.39 is 6.10 Å². The molecule has 1 unspecified atom stereocenters. The summed E-state index contributed by atoms with van der Waals surface area (Å²) in [6.45, 7) is 0. The maximum Gasteiger partial charge on any atom is 0.108 e. The molecule has 2 rings (SSSR count). The summed E-state index contributed by atoms with van der Waals surface area (Å²) in [5, 5.41) is 10.1. The molecule has 0 bridgehead atoms. The molecular weight excluding hydrogens is 280 g/mol. The van der Waals surface area contributed by atoms with Crippen molar-refractivity contribution in [3.63, 3.8) is 0 Å². The van der Waals surface area contributed by atoms with Crippen molar-refractivity contribution in [2.24, 2.45) is 7.05 Å². The summed E-state index contributed by atoms with van der Waals surface area (Å²) >= 11 is 3.40. The van der Waals surface area contributed by atoms with Gasteiger partial charge in [-0.15, -0.1) is 0 Å². The highest BCUT2D eigenvalue weighted by Gasteiger charge is 2.09. The number of hydrogen-bond acceptors (Lipinski definition) is 2. The van der Waals surface area contributed by atoms with Crippen LogP contribution in [0.15, 0.2) is 41.1 Å². The molecule has 3 nitrogen and oxygen atoms in total. The van der Waals surface area contributed by atoms with Gasteiger partial charge < -0.3 is 9.67 Å². The number of aliphatic hydroxyl groups excluding tert-OH is 1. The Morgan fingerprint density at radius 1 is 1.47 bits per heavy atom. The minimum Gasteiger partial charge on any atom is -0.388 e. The van der Waals surface area contributed by atoms with E-state index in [0.29, 0.717) is 6.42 Å². The molecule has 0 amide bonds. The SMILES string of the molecule is Cn1ccnc1CCC(O)c1cccc(Br)c1. The molecule has 0 fully saturated rings. The largest absolute Gasteiger partial charge is 0.388 e. The third-order valence-electron chi connectivity index (χ3n) is 2.80. The second-order valence-corrected chi connectivity index (χ2v) is 4.98. The average molecular weight is 295 g/mol. The van der Waals surface area contributed by atoms with Crippen molar-refractivity contribution >= 4 is 15.9 Å². The Hall–Kier alpha value is -1.13. The van der Waals surface area contributed by atoms with Gasteiger partial charge in [0.05, 0.1) is 6.10 Å². The van der Waals surface area contributed by atoms with Crippen LogP contribution in [0.5, 0.6) is 0 Å². The van der Waals surface area contributed by atoms with E-state index in [1.165, 1.54) is 0 Å². The van der Waals surface area contributed by atoms with Gasteiger partial charge in [-0.25, -0.2) is 4.98 Å². The van der Waals surface area contributed by atoms with Gasteiger partial charge in [0, 0.05) is 30.3 Å². The topological polar surface area (TPSA) is 38.0 Å². The Balaban J connectivity index is 1.98. The first-order chi connectivity index (χ1) is 8.16. The Labute approximate surface area is 109 Å². The number of hydrogen-bond donors (Lipinski definition) is 1. The number of rotatable bonds is 4. The summed E-state index contributed by atoms with van der Waals surface area (Å²) in [5.41, 5.74) is 0.939. The lowest BCUT2D eigenvalue weighted by atomic mass is 10.1. The van der Waals surface area contributed by atoms with Gasteiger partial charge in [0.15, 0.2) is 0 Å². The summed E-state index contributed by atoms with van der Waals surface area (Å²) in [4.78, 5) is 4.24. The van der Waals surface area contributed by atoms with Gasteiger partial charge in [0.2, 0.25) is 0 Å². The number of nitrogens with zero attached hydrogens (tertiary/aromatic N) is 2. The third kappa shape index (κ3) is 3.17. The van der Waals surface area contributed by atoms with Crippen molar-refractivity contribution in [2.75, 3.05) is 0 Å². The van der Waals surface area contributed by atoms with Crippen molar-refractivity contribution in [1.29, 1.82) is 0 Å². The Bertz CT molecular complexity index is 496. The molecule has 1 aromatic carbocycles. The molecule has 0 aliphatic carbocycles. The van der Waals surface area contributed by atoms with E-state index >= 15 is 0 Å². The Morgan fingerprint density at radius 3 is 2.94 bits per heavy atom. The lowest BCUT2D eigenvalue weighted by molar-refractivity contribution is 0.166. The molecular formula is C13H15BrN2O. The molecule has 1 atom stereocenters. The van der Waals surface area contributed by atoms with E-state index in [9.17, 15) is 5.11 Å². The van der Waals surface area contributed by atoms with Crippen molar-refractivity contribution in [3.05, 3.63) is 52.5 Å². The van der Waals surface area contributed by atoms with E-state index in [0.717, 1.165) is 22.3 Å². The molecule has 17 heavy (non-hydrogen) atoms. The first-order valence-corrected chi connectivity index (χ1v) is 6.36. The van der Waals surface area contributed by atoms with E-state index in [4.69, 9.17) is 0 Å². The van der Waals surface area contributed by atoms with Gasteiger partial charge >= 0.3 is 0 Å². The fraction of sp³-hybridized carbons (Fsp3) is 0.308. The van der Waals surface area contributed by atoms with Crippen LogP contribution in [0.3, 0.4) is 0 Å². The van der Waals surface area contributed by atoms with Crippen LogP contribution in [-0.4, -0.2) is 14.7 Å². The smallest absolute Gasteiger partial charge is 0.108 e. The zero-order valence-corrected chi connectivity index (χ0v) is 11.3. The molecule has 0 radical (unpaired) electrons. The monoisotopic (exact) mass is 294 g/mol.